The first-order chi connectivity index (χ1) is 14.7. The Morgan fingerprint density at radius 2 is 1.97 bits per heavy atom. The number of aliphatic hydroxyl groups excluding tert-OH is 2. The smallest absolute Gasteiger partial charge is 0.273 e. The molecule has 3 rings (SSSR count). The zero-order valence-corrected chi connectivity index (χ0v) is 19.6. The molecule has 6 heteroatoms. The standard InChI is InChI=1S/C25H37N3O3/c1-6-27(5)24(31)21-22(29)23(30)26-20(28(21)7-2)16-25(13-8-9-14-25)19-12-10-11-18(15-19)17(3)4/h10-12,15,17,23,29-30H,6-9,13-14,16H2,1-5H3. The Hall–Kier alpha value is -2.34. The van der Waals surface area contributed by atoms with Crippen LogP contribution < -0.4 is 0 Å². The lowest BCUT2D eigenvalue weighted by molar-refractivity contribution is -0.127. The van der Waals surface area contributed by atoms with Crippen molar-refractivity contribution in [2.45, 2.75) is 77.4 Å². The van der Waals surface area contributed by atoms with Gasteiger partial charge < -0.3 is 20.0 Å². The molecule has 2 aliphatic rings. The van der Waals surface area contributed by atoms with E-state index in [-0.39, 0.29) is 22.8 Å². The molecule has 1 saturated carbocycles. The quantitative estimate of drug-likeness (QED) is 0.680. The average Bonchev–Trinajstić information content (AvgIpc) is 3.24. The van der Waals surface area contributed by atoms with Gasteiger partial charge in [-0.3, -0.25) is 4.79 Å². The van der Waals surface area contributed by atoms with Crippen LogP contribution in [0, 0.1) is 0 Å². The lowest BCUT2D eigenvalue weighted by Gasteiger charge is -2.38. The maximum atomic E-state index is 13.0. The maximum absolute atomic E-state index is 13.0. The minimum Gasteiger partial charge on any atom is -0.506 e. The molecule has 0 spiro atoms. The summed E-state index contributed by atoms with van der Waals surface area (Å²) in [5, 5.41) is 21.0. The van der Waals surface area contributed by atoms with E-state index in [1.165, 1.54) is 11.1 Å². The van der Waals surface area contributed by atoms with E-state index in [9.17, 15) is 15.0 Å². The fourth-order valence-electron chi connectivity index (χ4n) is 4.84. The minimum atomic E-state index is -1.40. The summed E-state index contributed by atoms with van der Waals surface area (Å²) < 4.78 is 0. The lowest BCUT2D eigenvalue weighted by Crippen LogP contribution is -2.46. The number of carbonyl (C=O) groups is 1. The molecule has 1 atom stereocenters. The second-order valence-corrected chi connectivity index (χ2v) is 9.16. The van der Waals surface area contributed by atoms with Crippen LogP contribution in [-0.4, -0.2) is 58.1 Å². The topological polar surface area (TPSA) is 76.4 Å². The Labute approximate surface area is 186 Å². The normalized spacial score (nSPS) is 20.9. The maximum Gasteiger partial charge on any atom is 0.273 e. The van der Waals surface area contributed by atoms with E-state index in [0.29, 0.717) is 31.3 Å². The zero-order chi connectivity index (χ0) is 22.8. The molecule has 31 heavy (non-hydrogen) atoms. The molecular weight excluding hydrogens is 390 g/mol. The van der Waals surface area contributed by atoms with E-state index in [4.69, 9.17) is 0 Å². The number of aliphatic imine (C=N–C) groups is 1. The summed E-state index contributed by atoms with van der Waals surface area (Å²) >= 11 is 0. The number of aliphatic hydroxyl groups is 2. The van der Waals surface area contributed by atoms with Gasteiger partial charge in [-0.05, 0) is 43.7 Å². The molecule has 0 bridgehead atoms. The molecule has 1 aliphatic carbocycles. The molecule has 1 fully saturated rings. The number of hydrogen-bond donors (Lipinski definition) is 2. The first-order valence-corrected chi connectivity index (χ1v) is 11.6. The van der Waals surface area contributed by atoms with Crippen LogP contribution in [0.3, 0.4) is 0 Å². The molecular formula is C25H37N3O3. The number of carbonyl (C=O) groups excluding carboxylic acids is 1. The predicted molar refractivity (Wildman–Crippen MR) is 124 cm³/mol. The van der Waals surface area contributed by atoms with E-state index in [1.807, 2.05) is 13.8 Å². The van der Waals surface area contributed by atoms with Gasteiger partial charge in [-0.15, -0.1) is 0 Å². The van der Waals surface area contributed by atoms with Gasteiger partial charge >= 0.3 is 0 Å². The van der Waals surface area contributed by atoms with E-state index < -0.39 is 6.23 Å². The van der Waals surface area contributed by atoms with Crippen molar-refractivity contribution in [3.8, 4) is 0 Å². The predicted octanol–water partition coefficient (Wildman–Crippen LogP) is 4.31. The van der Waals surface area contributed by atoms with Crippen LogP contribution in [0.1, 0.15) is 76.8 Å². The molecule has 0 radical (unpaired) electrons. The average molecular weight is 428 g/mol. The SMILES string of the molecule is CCN(C)C(=O)C1=C(O)C(O)N=C(CC2(c3cccc(C(C)C)c3)CCCC2)N1CC. The van der Waals surface area contributed by atoms with E-state index in [2.05, 4.69) is 43.1 Å². The third kappa shape index (κ3) is 4.49. The Kier molecular flexibility index (Phi) is 7.10. The zero-order valence-electron chi connectivity index (χ0n) is 19.6. The molecule has 1 heterocycles. The summed E-state index contributed by atoms with van der Waals surface area (Å²) in [5.74, 6) is 0.472. The van der Waals surface area contributed by atoms with Gasteiger partial charge in [0.05, 0.1) is 0 Å². The first kappa shape index (κ1) is 23.3. The molecule has 1 aromatic rings. The molecule has 0 aromatic heterocycles. The number of rotatable bonds is 7. The summed E-state index contributed by atoms with van der Waals surface area (Å²) in [5.41, 5.74) is 2.70. The number of hydrogen-bond acceptors (Lipinski definition) is 5. The Morgan fingerprint density at radius 1 is 1.29 bits per heavy atom. The van der Waals surface area contributed by atoms with Gasteiger partial charge in [0.1, 0.15) is 5.84 Å². The van der Waals surface area contributed by atoms with Gasteiger partial charge in [-0.25, -0.2) is 4.99 Å². The molecule has 6 nitrogen and oxygen atoms in total. The highest BCUT2D eigenvalue weighted by atomic mass is 16.3. The van der Waals surface area contributed by atoms with Crippen LogP contribution in [0.15, 0.2) is 40.7 Å². The number of likely N-dealkylation sites (N-methyl/N-ethyl adjacent to an activating group) is 2. The first-order valence-electron chi connectivity index (χ1n) is 11.6. The summed E-state index contributed by atoms with van der Waals surface area (Å²) in [6, 6.07) is 8.83. The fourth-order valence-corrected chi connectivity index (χ4v) is 4.84. The van der Waals surface area contributed by atoms with Crippen molar-refractivity contribution in [1.29, 1.82) is 0 Å². The van der Waals surface area contributed by atoms with Crippen LogP contribution in [0.25, 0.3) is 0 Å². The van der Waals surface area contributed by atoms with Crippen LogP contribution in [-0.2, 0) is 10.2 Å². The van der Waals surface area contributed by atoms with E-state index in [0.717, 1.165) is 25.7 Å². The van der Waals surface area contributed by atoms with Gasteiger partial charge in [0.2, 0.25) is 6.23 Å². The van der Waals surface area contributed by atoms with Gasteiger partial charge in [-0.1, -0.05) is 51.0 Å². The summed E-state index contributed by atoms with van der Waals surface area (Å²) in [6.45, 7) is 9.25. The number of nitrogens with zero attached hydrogens (tertiary/aromatic N) is 3. The summed E-state index contributed by atoms with van der Waals surface area (Å²) in [7, 11) is 1.70. The van der Waals surface area contributed by atoms with Crippen molar-refractivity contribution in [3.05, 3.63) is 46.8 Å². The molecule has 1 amide bonds. The molecule has 0 saturated heterocycles. The van der Waals surface area contributed by atoms with Crippen LogP contribution in [0.5, 0.6) is 0 Å². The molecule has 1 unspecified atom stereocenters. The van der Waals surface area contributed by atoms with Gasteiger partial charge in [-0.2, -0.15) is 0 Å². The van der Waals surface area contributed by atoms with Crippen molar-refractivity contribution in [2.24, 2.45) is 4.99 Å². The Balaban J connectivity index is 1.99. The van der Waals surface area contributed by atoms with Gasteiger partial charge in [0.15, 0.2) is 11.5 Å². The highest BCUT2D eigenvalue weighted by Gasteiger charge is 2.41. The van der Waals surface area contributed by atoms with Gasteiger partial charge in [0.25, 0.3) is 5.91 Å². The summed E-state index contributed by atoms with van der Waals surface area (Å²) in [6.07, 6.45) is 3.64. The van der Waals surface area contributed by atoms with Crippen LogP contribution >= 0.6 is 0 Å². The molecule has 2 N–H and O–H groups in total. The lowest BCUT2D eigenvalue weighted by atomic mass is 9.74. The van der Waals surface area contributed by atoms with E-state index >= 15 is 0 Å². The molecule has 170 valence electrons. The molecule has 1 aliphatic heterocycles. The fraction of sp³-hybridized carbons (Fsp3) is 0.600. The van der Waals surface area contributed by atoms with Gasteiger partial charge in [0, 0.05) is 32.0 Å². The van der Waals surface area contributed by atoms with Crippen molar-refractivity contribution >= 4 is 11.7 Å². The minimum absolute atomic E-state index is 0.0748. The molecule has 1 aromatic carbocycles. The Bertz CT molecular complexity index is 869. The second kappa shape index (κ2) is 9.43. The number of amidine groups is 1. The largest absolute Gasteiger partial charge is 0.506 e. The number of benzene rings is 1. The third-order valence-corrected chi connectivity index (χ3v) is 6.90. The summed E-state index contributed by atoms with van der Waals surface area (Å²) in [4.78, 5) is 20.8. The van der Waals surface area contributed by atoms with E-state index in [1.54, 1.807) is 16.8 Å². The second-order valence-electron chi connectivity index (χ2n) is 9.16. The third-order valence-electron chi connectivity index (χ3n) is 6.90. The van der Waals surface area contributed by atoms with Crippen molar-refractivity contribution < 1.29 is 15.0 Å². The number of amides is 1. The van der Waals surface area contributed by atoms with Crippen molar-refractivity contribution in [1.82, 2.24) is 9.80 Å². The highest BCUT2D eigenvalue weighted by molar-refractivity contribution is 6.00. The van der Waals surface area contributed by atoms with Crippen molar-refractivity contribution in [2.75, 3.05) is 20.1 Å². The van der Waals surface area contributed by atoms with Crippen LogP contribution in [0.4, 0.5) is 0 Å². The van der Waals surface area contributed by atoms with Crippen LogP contribution in [0.2, 0.25) is 0 Å². The monoisotopic (exact) mass is 427 g/mol. The Morgan fingerprint density at radius 3 is 2.55 bits per heavy atom. The highest BCUT2D eigenvalue weighted by Crippen LogP contribution is 2.45. The van der Waals surface area contributed by atoms with Crippen molar-refractivity contribution in [3.63, 3.8) is 0 Å².